The van der Waals surface area contributed by atoms with Crippen molar-refractivity contribution in [2.24, 2.45) is 0 Å². The molecular weight excluding hydrogens is 307 g/mol. The van der Waals surface area contributed by atoms with Crippen LogP contribution in [0.4, 0.5) is 4.39 Å². The molecule has 2 aromatic carbocycles. The monoisotopic (exact) mass is 320 g/mol. The summed E-state index contributed by atoms with van der Waals surface area (Å²) in [5, 5.41) is 8.21. The van der Waals surface area contributed by atoms with Crippen molar-refractivity contribution in [1.82, 2.24) is 0 Å². The van der Waals surface area contributed by atoms with E-state index in [0.717, 1.165) is 11.1 Å². The third-order valence-electron chi connectivity index (χ3n) is 2.62. The lowest BCUT2D eigenvalue weighted by Crippen LogP contribution is -1.92. The molecule has 0 radical (unpaired) electrons. The van der Waals surface area contributed by atoms with E-state index in [0.29, 0.717) is 10.9 Å². The highest BCUT2D eigenvalue weighted by Crippen LogP contribution is 2.20. The van der Waals surface area contributed by atoms with E-state index in [-0.39, 0.29) is 22.9 Å². The molecule has 0 atom stereocenters. The van der Waals surface area contributed by atoms with Crippen molar-refractivity contribution < 1.29 is 23.3 Å². The van der Waals surface area contributed by atoms with Crippen molar-refractivity contribution in [1.29, 1.82) is 0 Å². The van der Waals surface area contributed by atoms with Gasteiger partial charge in [-0.1, -0.05) is 36.4 Å². The summed E-state index contributed by atoms with van der Waals surface area (Å²) >= 11 is -0.0648. The van der Waals surface area contributed by atoms with Gasteiger partial charge >= 0.3 is 5.97 Å². The Morgan fingerprint density at radius 2 is 1.45 bits per heavy atom. The van der Waals surface area contributed by atoms with Gasteiger partial charge in [-0.3, -0.25) is 4.79 Å². The van der Waals surface area contributed by atoms with Crippen LogP contribution >= 0.6 is 0 Å². The van der Waals surface area contributed by atoms with E-state index in [9.17, 15) is 18.2 Å². The van der Waals surface area contributed by atoms with Crippen LogP contribution in [-0.4, -0.2) is 26.4 Å². The second-order valence-corrected chi connectivity index (χ2v) is 4.62. The van der Waals surface area contributed by atoms with Gasteiger partial charge in [-0.25, -0.2) is 13.4 Å². The Hall–Kier alpha value is -2.60. The Labute approximate surface area is 130 Å². The highest BCUT2D eigenvalue weighted by atomic mass is 32.1. The van der Waals surface area contributed by atoms with Gasteiger partial charge in [-0.05, 0) is 30.2 Å². The number of halogens is 1. The van der Waals surface area contributed by atoms with Crippen LogP contribution in [0.5, 0.6) is 0 Å². The van der Waals surface area contributed by atoms with Gasteiger partial charge in [0.1, 0.15) is 11.2 Å². The van der Waals surface area contributed by atoms with Gasteiger partial charge in [-0.15, -0.1) is 0 Å². The second-order valence-electron chi connectivity index (χ2n) is 4.19. The Balaban J connectivity index is 0.000000346. The third-order valence-corrected chi connectivity index (χ3v) is 2.92. The van der Waals surface area contributed by atoms with E-state index in [4.69, 9.17) is 5.11 Å². The van der Waals surface area contributed by atoms with Crippen LogP contribution in [-0.2, 0) is 16.1 Å². The van der Waals surface area contributed by atoms with Crippen LogP contribution in [0.2, 0.25) is 0 Å². The van der Waals surface area contributed by atoms with Crippen LogP contribution < -0.4 is 0 Å². The highest BCUT2D eigenvalue weighted by molar-refractivity contribution is 7.66. The molecule has 6 heteroatoms. The number of rotatable bonds is 3. The third kappa shape index (κ3) is 5.80. The number of benzene rings is 2. The van der Waals surface area contributed by atoms with Gasteiger partial charge in [0, 0.05) is 5.56 Å². The van der Waals surface area contributed by atoms with E-state index in [1.165, 1.54) is 19.1 Å². The zero-order valence-electron chi connectivity index (χ0n) is 11.7. The Bertz CT molecular complexity index is 702. The molecule has 114 valence electrons. The van der Waals surface area contributed by atoms with Crippen molar-refractivity contribution in [2.45, 2.75) is 6.92 Å². The fourth-order valence-corrected chi connectivity index (χ4v) is 1.66. The van der Waals surface area contributed by atoms with Gasteiger partial charge < -0.3 is 5.11 Å². The first kappa shape index (κ1) is 17.5. The quantitative estimate of drug-likeness (QED) is 0.697. The van der Waals surface area contributed by atoms with Crippen LogP contribution in [0.3, 0.4) is 0 Å². The summed E-state index contributed by atoms with van der Waals surface area (Å²) in [6, 6.07) is 13.6. The first-order chi connectivity index (χ1) is 10.4. The number of carbonyl (C=O) groups is 2. The molecule has 0 unspecified atom stereocenters. The molecule has 0 fully saturated rings. The predicted octanol–water partition coefficient (Wildman–Crippen LogP) is 2.78. The van der Waals surface area contributed by atoms with Crippen molar-refractivity contribution in [3.8, 4) is 11.1 Å². The van der Waals surface area contributed by atoms with E-state index in [1.54, 1.807) is 24.3 Å². The first-order valence-electron chi connectivity index (χ1n) is 6.15. The topological polar surface area (TPSA) is 71.4 Å². The maximum Gasteiger partial charge on any atom is 0.341 e. The van der Waals surface area contributed by atoms with Gasteiger partial charge in [0.2, 0.25) is 0 Å². The number of carboxylic acid groups (broad SMARTS) is 1. The molecule has 0 spiro atoms. The molecule has 22 heavy (non-hydrogen) atoms. The molecule has 0 aliphatic heterocycles. The molecule has 0 saturated carbocycles. The minimum atomic E-state index is -1.19. The molecular formula is C16H13FO4S. The summed E-state index contributed by atoms with van der Waals surface area (Å²) in [6.07, 6.45) is 0. The Morgan fingerprint density at radius 1 is 1.00 bits per heavy atom. The second kappa shape index (κ2) is 8.63. The maximum atomic E-state index is 12.7. The van der Waals surface area contributed by atoms with E-state index < -0.39 is 5.97 Å². The van der Waals surface area contributed by atoms with Crippen molar-refractivity contribution in [3.63, 3.8) is 0 Å². The number of hydrogen-bond acceptors (Lipinski definition) is 3. The molecule has 0 aliphatic carbocycles. The standard InChI is InChI=1S/C14H11FO.C2H2O3S/c1-10(16)11-2-4-12(5-3-11)13-6-8-14(15)9-7-13;3-2(4)1-6-5/h2-9H,1H3;1H,(H,3,4). The normalized spacial score (nSPS) is 9.18. The summed E-state index contributed by atoms with van der Waals surface area (Å²) in [6.45, 7) is 1.53. The Morgan fingerprint density at radius 3 is 1.77 bits per heavy atom. The molecule has 0 saturated heterocycles. The minimum Gasteiger partial charge on any atom is -0.477 e. The maximum absolute atomic E-state index is 12.7. The van der Waals surface area contributed by atoms with Crippen LogP contribution in [0.15, 0.2) is 48.5 Å². The largest absolute Gasteiger partial charge is 0.477 e. The zero-order chi connectivity index (χ0) is 16.5. The van der Waals surface area contributed by atoms with Gasteiger partial charge in [0.25, 0.3) is 0 Å². The lowest BCUT2D eigenvalue weighted by Gasteiger charge is -2.02. The first-order valence-corrected chi connectivity index (χ1v) is 6.96. The van der Waals surface area contributed by atoms with Crippen LogP contribution in [0, 0.1) is 5.82 Å². The molecule has 4 nitrogen and oxygen atoms in total. The van der Waals surface area contributed by atoms with Crippen LogP contribution in [0.1, 0.15) is 17.3 Å². The summed E-state index contributed by atoms with van der Waals surface area (Å²) in [7, 11) is 0. The average Bonchev–Trinajstić information content (AvgIpc) is 2.48. The van der Waals surface area contributed by atoms with Gasteiger partial charge in [0.05, 0.1) is 11.3 Å². The predicted molar refractivity (Wildman–Crippen MR) is 83.7 cm³/mol. The zero-order valence-corrected chi connectivity index (χ0v) is 12.5. The summed E-state index contributed by atoms with van der Waals surface area (Å²) in [5.74, 6) is -1.38. The smallest absolute Gasteiger partial charge is 0.341 e. The number of hydrogen-bond donors (Lipinski definition) is 1. The molecule has 2 rings (SSSR count). The summed E-state index contributed by atoms with van der Waals surface area (Å²) in [5.41, 5.74) is 2.60. The highest BCUT2D eigenvalue weighted by Gasteiger charge is 2.01. The molecule has 0 heterocycles. The fraction of sp³-hybridized carbons (Fsp3) is 0.0625. The molecule has 2 aromatic rings. The SMILES string of the molecule is CC(=O)c1ccc(-c2ccc(F)cc2)cc1.O=S=CC(=O)O. The Kier molecular flexibility index (Phi) is 6.85. The number of carbonyl (C=O) groups excluding carboxylic acids is 1. The number of Topliss-reactive ketones (excluding diaryl/α,β-unsaturated/α-hetero) is 1. The number of ketones is 1. The number of carboxylic acids is 1. The van der Waals surface area contributed by atoms with Gasteiger partial charge in [-0.2, -0.15) is 0 Å². The van der Waals surface area contributed by atoms with Crippen molar-refractivity contribution in [3.05, 3.63) is 59.9 Å². The fourth-order valence-electron chi connectivity index (χ4n) is 1.58. The van der Waals surface area contributed by atoms with Crippen molar-refractivity contribution in [2.75, 3.05) is 0 Å². The number of aliphatic carboxylic acids is 1. The molecule has 0 amide bonds. The van der Waals surface area contributed by atoms with Crippen LogP contribution in [0.25, 0.3) is 11.1 Å². The molecule has 0 aliphatic rings. The summed E-state index contributed by atoms with van der Waals surface area (Å²) in [4.78, 5) is 20.4. The molecule has 0 aromatic heterocycles. The van der Waals surface area contributed by atoms with E-state index in [1.807, 2.05) is 12.1 Å². The van der Waals surface area contributed by atoms with E-state index in [2.05, 4.69) is 0 Å². The molecule has 0 bridgehead atoms. The van der Waals surface area contributed by atoms with Crippen molar-refractivity contribution >= 4 is 28.4 Å². The lowest BCUT2D eigenvalue weighted by molar-refractivity contribution is -0.128. The van der Waals surface area contributed by atoms with Gasteiger partial charge in [0.15, 0.2) is 5.78 Å². The lowest BCUT2D eigenvalue weighted by atomic mass is 10.0. The minimum absolute atomic E-state index is 0.0469. The average molecular weight is 320 g/mol. The molecule has 1 N–H and O–H groups in total. The summed E-state index contributed by atoms with van der Waals surface area (Å²) < 4.78 is 21.9. The van der Waals surface area contributed by atoms with E-state index >= 15 is 0 Å².